The number of carbonyl (C=O) groups is 1. The zero-order valence-corrected chi connectivity index (χ0v) is 10.3. The fourth-order valence-electron chi connectivity index (χ4n) is 1.80. The van der Waals surface area contributed by atoms with Crippen molar-refractivity contribution in [1.29, 1.82) is 0 Å². The molecule has 17 heavy (non-hydrogen) atoms. The van der Waals surface area contributed by atoms with Gasteiger partial charge >= 0.3 is 5.97 Å². The third-order valence-corrected chi connectivity index (χ3v) is 2.81. The lowest BCUT2D eigenvalue weighted by Crippen LogP contribution is -2.58. The van der Waals surface area contributed by atoms with E-state index in [4.69, 9.17) is 10.8 Å². The van der Waals surface area contributed by atoms with Gasteiger partial charge < -0.3 is 5.11 Å². The molecule has 3 N–H and O–H groups in total. The molecule has 0 bridgehead atoms. The standard InChI is InChI=1S/C12H19N3O2/c1-3-4-5-6-11-14-7-8-15(11,10(2)13)9-12(16)17/h5-8,10H,3-4,9,13H2,1-2H3/p+1/b6-5+. The van der Waals surface area contributed by atoms with Crippen molar-refractivity contribution < 1.29 is 14.4 Å². The van der Waals surface area contributed by atoms with Crippen LogP contribution >= 0.6 is 0 Å². The second-order valence-corrected chi connectivity index (χ2v) is 4.20. The smallest absolute Gasteiger partial charge is 0.360 e. The largest absolute Gasteiger partial charge is 0.477 e. The number of carboxylic acids is 1. The minimum atomic E-state index is -0.884. The molecule has 0 saturated carbocycles. The topological polar surface area (TPSA) is 75.7 Å². The molecule has 0 amide bonds. The molecular weight excluding hydrogens is 218 g/mol. The van der Waals surface area contributed by atoms with Crippen molar-refractivity contribution in [2.75, 3.05) is 6.54 Å². The van der Waals surface area contributed by atoms with Crippen LogP contribution in [0.15, 0.2) is 29.5 Å². The van der Waals surface area contributed by atoms with Gasteiger partial charge in [-0.2, -0.15) is 4.99 Å². The molecule has 1 rings (SSSR count). The number of unbranched alkanes of at least 4 members (excludes halogenated alkanes) is 1. The molecule has 0 aliphatic carbocycles. The first-order valence-corrected chi connectivity index (χ1v) is 5.80. The molecule has 0 spiro atoms. The molecule has 1 aliphatic heterocycles. The monoisotopic (exact) mass is 238 g/mol. The summed E-state index contributed by atoms with van der Waals surface area (Å²) in [7, 11) is 0. The third kappa shape index (κ3) is 3.01. The Kier molecular flexibility index (Phi) is 4.60. The minimum Gasteiger partial charge on any atom is -0.477 e. The van der Waals surface area contributed by atoms with Crippen LogP contribution in [0.5, 0.6) is 0 Å². The fraction of sp³-hybridized carbons (Fsp3) is 0.500. The highest BCUT2D eigenvalue weighted by atomic mass is 16.4. The van der Waals surface area contributed by atoms with E-state index < -0.39 is 5.97 Å². The van der Waals surface area contributed by atoms with E-state index in [0.717, 1.165) is 12.8 Å². The molecule has 0 fully saturated rings. The van der Waals surface area contributed by atoms with E-state index in [1.807, 2.05) is 12.2 Å². The van der Waals surface area contributed by atoms with Crippen LogP contribution in [-0.4, -0.2) is 34.1 Å². The quantitative estimate of drug-likeness (QED) is 0.687. The Morgan fingerprint density at radius 3 is 2.94 bits per heavy atom. The Labute approximate surface area is 102 Å². The van der Waals surface area contributed by atoms with Gasteiger partial charge in [0.1, 0.15) is 12.4 Å². The van der Waals surface area contributed by atoms with Crippen LogP contribution < -0.4 is 5.73 Å². The van der Waals surface area contributed by atoms with Crippen molar-refractivity contribution in [3.05, 3.63) is 24.6 Å². The van der Waals surface area contributed by atoms with Crippen LogP contribution in [0.3, 0.4) is 0 Å². The molecule has 1 aliphatic rings. The Balaban J connectivity index is 2.93. The number of hydrogen-bond donors (Lipinski definition) is 2. The van der Waals surface area contributed by atoms with Crippen LogP contribution in [-0.2, 0) is 4.79 Å². The van der Waals surface area contributed by atoms with Crippen LogP contribution in [0, 0.1) is 0 Å². The molecule has 0 aromatic heterocycles. The second-order valence-electron chi connectivity index (χ2n) is 4.20. The van der Waals surface area contributed by atoms with Gasteiger partial charge in [-0.3, -0.25) is 5.73 Å². The van der Waals surface area contributed by atoms with Crippen LogP contribution in [0.25, 0.3) is 0 Å². The van der Waals surface area contributed by atoms with Crippen molar-refractivity contribution >= 4 is 11.8 Å². The van der Waals surface area contributed by atoms with Gasteiger partial charge in [0.15, 0.2) is 6.54 Å². The molecule has 5 nitrogen and oxygen atoms in total. The fourth-order valence-corrected chi connectivity index (χ4v) is 1.80. The predicted octanol–water partition coefficient (Wildman–Crippen LogP) is 1.43. The number of aliphatic imine (C=N–C) groups is 1. The highest BCUT2D eigenvalue weighted by Gasteiger charge is 2.39. The molecule has 0 radical (unpaired) electrons. The molecule has 0 aromatic rings. The Morgan fingerprint density at radius 2 is 2.41 bits per heavy atom. The van der Waals surface area contributed by atoms with E-state index in [-0.39, 0.29) is 17.2 Å². The number of nitrogens with two attached hydrogens (primary N) is 1. The van der Waals surface area contributed by atoms with Crippen molar-refractivity contribution in [3.8, 4) is 0 Å². The highest BCUT2D eigenvalue weighted by Crippen LogP contribution is 2.20. The zero-order chi connectivity index (χ0) is 12.9. The molecule has 0 saturated heterocycles. The Morgan fingerprint density at radius 1 is 1.71 bits per heavy atom. The Bertz CT molecular complexity index is 372. The summed E-state index contributed by atoms with van der Waals surface area (Å²) >= 11 is 0. The van der Waals surface area contributed by atoms with Crippen LogP contribution in [0.2, 0.25) is 0 Å². The molecule has 2 unspecified atom stereocenters. The van der Waals surface area contributed by atoms with E-state index in [9.17, 15) is 4.79 Å². The number of allylic oxidation sites excluding steroid dienone is 1. The van der Waals surface area contributed by atoms with Gasteiger partial charge in [0.2, 0.25) is 5.84 Å². The van der Waals surface area contributed by atoms with E-state index >= 15 is 0 Å². The third-order valence-electron chi connectivity index (χ3n) is 2.81. The summed E-state index contributed by atoms with van der Waals surface area (Å²) in [5, 5.41) is 8.99. The average molecular weight is 238 g/mol. The summed E-state index contributed by atoms with van der Waals surface area (Å²) in [5.74, 6) is -0.193. The van der Waals surface area contributed by atoms with Gasteiger partial charge in [-0.1, -0.05) is 19.4 Å². The first-order valence-electron chi connectivity index (χ1n) is 5.80. The molecule has 1 heterocycles. The summed E-state index contributed by atoms with van der Waals surface area (Å²) in [6.07, 6.45) is 8.90. The average Bonchev–Trinajstić information content (AvgIpc) is 2.62. The van der Waals surface area contributed by atoms with E-state index in [1.54, 1.807) is 19.3 Å². The maximum atomic E-state index is 11.0. The summed E-state index contributed by atoms with van der Waals surface area (Å²) in [6.45, 7) is 3.80. The number of carboxylic acid groups (broad SMARTS) is 1. The lowest BCUT2D eigenvalue weighted by Gasteiger charge is -2.33. The maximum absolute atomic E-state index is 11.0. The molecule has 94 valence electrons. The van der Waals surface area contributed by atoms with Crippen molar-refractivity contribution in [2.45, 2.75) is 32.9 Å². The first kappa shape index (κ1) is 13.6. The molecule has 2 atom stereocenters. The lowest BCUT2D eigenvalue weighted by atomic mass is 10.2. The number of amidine groups is 1. The second kappa shape index (κ2) is 5.75. The summed E-state index contributed by atoms with van der Waals surface area (Å²) in [4.78, 5) is 15.2. The van der Waals surface area contributed by atoms with Crippen molar-refractivity contribution in [2.24, 2.45) is 10.7 Å². The highest BCUT2D eigenvalue weighted by molar-refractivity contribution is 5.90. The van der Waals surface area contributed by atoms with Crippen LogP contribution in [0.1, 0.15) is 26.7 Å². The van der Waals surface area contributed by atoms with Gasteiger partial charge in [0, 0.05) is 13.0 Å². The van der Waals surface area contributed by atoms with Crippen molar-refractivity contribution in [1.82, 2.24) is 0 Å². The number of aliphatic carboxylic acids is 1. The van der Waals surface area contributed by atoms with E-state index in [1.165, 1.54) is 0 Å². The predicted molar refractivity (Wildman–Crippen MR) is 67.0 cm³/mol. The minimum absolute atomic E-state index is 0.0789. The lowest BCUT2D eigenvalue weighted by molar-refractivity contribution is -0.803. The van der Waals surface area contributed by atoms with E-state index in [0.29, 0.717) is 5.84 Å². The van der Waals surface area contributed by atoms with Crippen LogP contribution in [0.4, 0.5) is 0 Å². The number of hydrogen-bond acceptors (Lipinski definition) is 3. The summed E-state index contributed by atoms with van der Waals surface area (Å²) in [5.41, 5.74) is 5.92. The summed E-state index contributed by atoms with van der Waals surface area (Å²) in [6, 6.07) is 0. The molecule has 0 aromatic carbocycles. The van der Waals surface area contributed by atoms with Gasteiger partial charge in [0.05, 0.1) is 6.20 Å². The van der Waals surface area contributed by atoms with Crippen molar-refractivity contribution in [3.63, 3.8) is 0 Å². The number of quaternary nitrogens is 1. The SMILES string of the molecule is CCC/C=C/C1=NC=C[N+]1(CC(=O)O)C(C)N. The normalized spacial score (nSPS) is 25.2. The van der Waals surface area contributed by atoms with Gasteiger partial charge in [-0.15, -0.1) is 0 Å². The van der Waals surface area contributed by atoms with E-state index in [2.05, 4.69) is 11.9 Å². The van der Waals surface area contributed by atoms with Gasteiger partial charge in [-0.05, 0) is 6.42 Å². The molecule has 5 heteroatoms. The van der Waals surface area contributed by atoms with Gasteiger partial charge in [-0.25, -0.2) is 9.28 Å². The number of rotatable bonds is 6. The number of nitrogens with zero attached hydrogens (tertiary/aromatic N) is 2. The Hall–Kier alpha value is -1.46. The summed E-state index contributed by atoms with van der Waals surface area (Å²) < 4.78 is 0.0789. The first-order chi connectivity index (χ1) is 8.03. The maximum Gasteiger partial charge on any atom is 0.360 e. The zero-order valence-electron chi connectivity index (χ0n) is 10.3. The van der Waals surface area contributed by atoms with Gasteiger partial charge in [0.25, 0.3) is 0 Å². The molecular formula is C12H20N3O2+.